The molecule has 248 valence electrons. The Kier molecular flexibility index (Phi) is 7.19. The highest BCUT2D eigenvalue weighted by atomic mass is 16.6. The number of aliphatic hydroxyl groups excluding tert-OH is 2. The molecule has 4 N–H and O–H groups in total. The predicted octanol–water partition coefficient (Wildman–Crippen LogP) is 4.87. The van der Waals surface area contributed by atoms with Crippen molar-refractivity contribution in [2.75, 3.05) is 13.2 Å². The highest BCUT2D eigenvalue weighted by Crippen LogP contribution is 2.73. The van der Waals surface area contributed by atoms with Gasteiger partial charge >= 0.3 is 5.97 Å². The number of ketones is 1. The summed E-state index contributed by atoms with van der Waals surface area (Å²) in [5.41, 5.74) is 2.36. The number of carbonyl (C=O) groups is 2. The Bertz CT molecular complexity index is 1600. The zero-order valence-electron chi connectivity index (χ0n) is 27.7. The molecule has 4 saturated carbocycles. The number of Topliss-reactive ketones (excluding diaryl/α,β-unsaturated/α-hetero) is 1. The first-order chi connectivity index (χ1) is 22.0. The van der Waals surface area contributed by atoms with E-state index in [1.54, 1.807) is 0 Å². The van der Waals surface area contributed by atoms with Crippen molar-refractivity contribution >= 4 is 22.7 Å². The number of aliphatic hydroxyl groups is 2. The maximum atomic E-state index is 14.3. The van der Waals surface area contributed by atoms with Crippen LogP contribution < -0.4 is 5.32 Å². The van der Waals surface area contributed by atoms with Crippen LogP contribution in [0.3, 0.4) is 0 Å². The summed E-state index contributed by atoms with van der Waals surface area (Å²) in [7, 11) is 0. The summed E-state index contributed by atoms with van der Waals surface area (Å²) >= 11 is 0. The summed E-state index contributed by atoms with van der Waals surface area (Å²) in [6, 6.07) is 7.99. The molecule has 1 spiro atoms. The zero-order chi connectivity index (χ0) is 32.2. The number of cyclic esters (lactones) is 1. The second kappa shape index (κ2) is 10.7. The molecule has 1 aromatic heterocycles. The molecule has 1 aromatic carbocycles. The highest BCUT2D eigenvalue weighted by molar-refractivity contribution is 5.91. The fourth-order valence-corrected chi connectivity index (χ4v) is 12.0. The quantitative estimate of drug-likeness (QED) is 0.254. The molecular weight excluding hydrogens is 580 g/mol. The molecule has 2 aromatic rings. The highest BCUT2D eigenvalue weighted by Gasteiger charge is 2.82. The van der Waals surface area contributed by atoms with E-state index in [0.717, 1.165) is 49.6 Å². The molecular formula is C38H50N2O6. The Labute approximate surface area is 271 Å². The van der Waals surface area contributed by atoms with Gasteiger partial charge in [0.15, 0.2) is 0 Å². The Balaban J connectivity index is 0.976. The number of esters is 1. The molecule has 0 radical (unpaired) electrons. The number of nitrogens with one attached hydrogen (secondary N) is 2. The fourth-order valence-electron chi connectivity index (χ4n) is 12.0. The van der Waals surface area contributed by atoms with E-state index in [-0.39, 0.29) is 53.9 Å². The number of hydrogen-bond acceptors (Lipinski definition) is 7. The SMILES string of the molecule is CC1=C(CO)C(=O)O[C@@H]([C@@H](C)[C@H]2CC[C@H]3[C@@H]4C[C@H]5O[C@]56[C@@H](O)[C@@H](NCCc5c[nH]c7ccccc57)CC(=O)[C@]6(C)[C@H]4CC[C@]23C)C1. The topological polar surface area (TPSA) is 124 Å². The standard InChI is InChI=1S/C38H50N2O6/c1-20-15-31(45-35(44)25(20)19-41)21(2)26-9-10-27-24-16-33-38(46-33)34(43)30(17-32(42)37(38,4)28(24)11-13-36(26,27)3)39-14-12-22-18-40-29-8-6-5-7-23(22)29/h5-8,18,21,24,26-28,30-31,33-34,39-41,43H,9-17,19H2,1-4H3/t21-,24-,26+,27-,28-,30-,31+,33+,34-,36+,37-,38-/m0/s1. The van der Waals surface area contributed by atoms with Gasteiger partial charge in [0, 0.05) is 36.0 Å². The van der Waals surface area contributed by atoms with Crippen LogP contribution >= 0.6 is 0 Å². The van der Waals surface area contributed by atoms with Gasteiger partial charge in [-0.25, -0.2) is 4.79 Å². The van der Waals surface area contributed by atoms with E-state index in [4.69, 9.17) is 9.47 Å². The predicted molar refractivity (Wildman–Crippen MR) is 174 cm³/mol. The minimum absolute atomic E-state index is 0.0845. The van der Waals surface area contributed by atoms with E-state index in [9.17, 15) is 19.8 Å². The molecule has 12 atom stereocenters. The molecule has 1 saturated heterocycles. The van der Waals surface area contributed by atoms with Gasteiger partial charge in [0.05, 0.1) is 23.7 Å². The Morgan fingerprint density at radius 1 is 1.11 bits per heavy atom. The number of aromatic nitrogens is 1. The van der Waals surface area contributed by atoms with Crippen LogP contribution in [0, 0.1) is 40.4 Å². The number of carbonyl (C=O) groups excluding carboxylic acids is 2. The van der Waals surface area contributed by atoms with Crippen LogP contribution in [0.2, 0.25) is 0 Å². The number of para-hydroxylation sites is 1. The lowest BCUT2D eigenvalue weighted by Crippen LogP contribution is -2.69. The number of ether oxygens (including phenoxy) is 2. The summed E-state index contributed by atoms with van der Waals surface area (Å²) in [6.45, 7) is 9.20. The minimum atomic E-state index is -0.786. The second-order valence-electron chi connectivity index (χ2n) is 16.1. The molecule has 5 fully saturated rings. The third kappa shape index (κ3) is 4.12. The molecule has 3 heterocycles. The van der Waals surface area contributed by atoms with Crippen molar-refractivity contribution in [1.29, 1.82) is 0 Å². The molecule has 46 heavy (non-hydrogen) atoms. The molecule has 6 aliphatic rings. The molecule has 0 amide bonds. The number of hydrogen-bond donors (Lipinski definition) is 4. The summed E-state index contributed by atoms with van der Waals surface area (Å²) in [4.78, 5) is 30.3. The minimum Gasteiger partial charge on any atom is -0.458 e. The van der Waals surface area contributed by atoms with Crippen molar-refractivity contribution in [2.24, 2.45) is 40.4 Å². The number of rotatable bonds is 7. The Hall–Kier alpha value is -2.52. The van der Waals surface area contributed by atoms with Crippen LogP contribution in [0.25, 0.3) is 10.9 Å². The summed E-state index contributed by atoms with van der Waals surface area (Å²) in [5.74, 6) is 1.61. The Morgan fingerprint density at radius 3 is 2.70 bits per heavy atom. The van der Waals surface area contributed by atoms with E-state index in [1.807, 2.05) is 13.0 Å². The van der Waals surface area contributed by atoms with Gasteiger partial charge in [0.1, 0.15) is 23.6 Å². The lowest BCUT2D eigenvalue weighted by Gasteiger charge is -2.59. The lowest BCUT2D eigenvalue weighted by molar-refractivity contribution is -0.169. The third-order valence-electron chi connectivity index (χ3n) is 14.5. The van der Waals surface area contributed by atoms with Crippen molar-refractivity contribution in [3.8, 4) is 0 Å². The molecule has 4 aliphatic carbocycles. The van der Waals surface area contributed by atoms with Gasteiger partial charge < -0.3 is 30.0 Å². The van der Waals surface area contributed by atoms with E-state index in [1.165, 1.54) is 10.9 Å². The van der Waals surface area contributed by atoms with Crippen molar-refractivity contribution in [3.05, 3.63) is 47.2 Å². The van der Waals surface area contributed by atoms with Crippen molar-refractivity contribution < 1.29 is 29.3 Å². The van der Waals surface area contributed by atoms with Crippen molar-refractivity contribution in [1.82, 2.24) is 10.3 Å². The number of aromatic amines is 1. The molecule has 8 rings (SSSR count). The fraction of sp³-hybridized carbons (Fsp3) is 0.684. The summed E-state index contributed by atoms with van der Waals surface area (Å²) in [5, 5.41) is 26.4. The smallest absolute Gasteiger partial charge is 0.336 e. The van der Waals surface area contributed by atoms with Crippen molar-refractivity contribution in [3.63, 3.8) is 0 Å². The monoisotopic (exact) mass is 630 g/mol. The van der Waals surface area contributed by atoms with Crippen LogP contribution in [0.1, 0.15) is 78.2 Å². The van der Waals surface area contributed by atoms with E-state index in [0.29, 0.717) is 42.7 Å². The van der Waals surface area contributed by atoms with Gasteiger partial charge in [-0.2, -0.15) is 0 Å². The molecule has 8 heteroatoms. The molecule has 0 bridgehead atoms. The summed E-state index contributed by atoms with van der Waals surface area (Å²) in [6.07, 6.45) is 8.07. The first-order valence-corrected chi connectivity index (χ1v) is 17.7. The largest absolute Gasteiger partial charge is 0.458 e. The number of H-pyrrole nitrogens is 1. The Morgan fingerprint density at radius 2 is 1.91 bits per heavy atom. The number of benzene rings is 1. The molecule has 8 nitrogen and oxygen atoms in total. The van der Waals surface area contributed by atoms with Crippen molar-refractivity contribution in [2.45, 2.75) is 109 Å². The van der Waals surface area contributed by atoms with E-state index >= 15 is 0 Å². The number of fused-ring (bicyclic) bond motifs is 5. The average molecular weight is 631 g/mol. The zero-order valence-corrected chi connectivity index (χ0v) is 27.7. The van der Waals surface area contributed by atoms with Gasteiger partial charge in [-0.3, -0.25) is 4.79 Å². The van der Waals surface area contributed by atoms with Gasteiger partial charge in [0.2, 0.25) is 0 Å². The normalized spacial score (nSPS) is 43.9. The van der Waals surface area contributed by atoms with Gasteiger partial charge in [-0.1, -0.05) is 37.6 Å². The lowest BCUT2D eigenvalue weighted by atomic mass is 9.43. The van der Waals surface area contributed by atoms with Crippen LogP contribution in [0.4, 0.5) is 0 Å². The van der Waals surface area contributed by atoms with E-state index < -0.39 is 17.1 Å². The van der Waals surface area contributed by atoms with Crippen LogP contribution in [0.5, 0.6) is 0 Å². The molecule has 0 unspecified atom stereocenters. The van der Waals surface area contributed by atoms with Gasteiger partial charge in [-0.05, 0) is 106 Å². The number of epoxide rings is 1. The average Bonchev–Trinajstić information content (AvgIpc) is 3.47. The van der Waals surface area contributed by atoms with Crippen LogP contribution in [0.15, 0.2) is 41.6 Å². The molecule has 2 aliphatic heterocycles. The van der Waals surface area contributed by atoms with Crippen LogP contribution in [-0.4, -0.2) is 70.1 Å². The first kappa shape index (κ1) is 30.8. The first-order valence-electron chi connectivity index (χ1n) is 17.7. The van der Waals surface area contributed by atoms with Crippen LogP contribution in [-0.2, 0) is 25.5 Å². The summed E-state index contributed by atoms with van der Waals surface area (Å²) < 4.78 is 12.5. The van der Waals surface area contributed by atoms with E-state index in [2.05, 4.69) is 55.5 Å². The maximum Gasteiger partial charge on any atom is 0.336 e. The third-order valence-corrected chi connectivity index (χ3v) is 14.5. The second-order valence-corrected chi connectivity index (χ2v) is 16.1. The van der Waals surface area contributed by atoms with Gasteiger partial charge in [0.25, 0.3) is 0 Å². The maximum absolute atomic E-state index is 14.3. The van der Waals surface area contributed by atoms with Gasteiger partial charge in [-0.15, -0.1) is 0 Å².